The average Bonchev–Trinajstić information content (AvgIpc) is 3.57. The number of ether oxygens (including phenoxy) is 2. The van der Waals surface area contributed by atoms with Crippen molar-refractivity contribution in [2.24, 2.45) is 0 Å². The highest BCUT2D eigenvalue weighted by Gasteiger charge is 2.52. The van der Waals surface area contributed by atoms with Crippen molar-refractivity contribution < 1.29 is 28.3 Å². The minimum atomic E-state index is -1.82. The number of hydrogen-bond acceptors (Lipinski definition) is 6. The normalized spacial score (nSPS) is 18.6. The average molecular weight is 493 g/mol. The third-order valence-corrected chi connectivity index (χ3v) is 10.9. The van der Waals surface area contributed by atoms with Gasteiger partial charge in [-0.15, -0.1) is 0 Å². The van der Waals surface area contributed by atoms with Gasteiger partial charge in [-0.1, -0.05) is 51.1 Å². The number of amides is 2. The Hall–Kier alpha value is -2.23. The summed E-state index contributed by atoms with van der Waals surface area (Å²) in [6.45, 7) is 13.9. The van der Waals surface area contributed by atoms with Crippen molar-refractivity contribution in [3.8, 4) is 0 Å². The number of esters is 1. The van der Waals surface area contributed by atoms with Crippen molar-refractivity contribution >= 4 is 26.1 Å². The molecule has 1 fully saturated rings. The first-order valence-electron chi connectivity index (χ1n) is 12.0. The molecule has 0 aliphatic carbocycles. The summed E-state index contributed by atoms with van der Waals surface area (Å²) in [4.78, 5) is 37.3. The van der Waals surface area contributed by atoms with Gasteiger partial charge in [0.05, 0.1) is 6.61 Å². The minimum absolute atomic E-state index is 0.134. The van der Waals surface area contributed by atoms with E-state index in [1.165, 1.54) is 0 Å². The van der Waals surface area contributed by atoms with Gasteiger partial charge in [0.1, 0.15) is 6.04 Å². The number of carbonyl (C=O) groups excluding carboxylic acids is 3. The molecule has 2 N–H and O–H groups in total. The molecule has 2 amide bonds. The number of aryl methyl sites for hydroxylation is 1. The number of nitrogens with one attached hydrogen (secondary N) is 2. The monoisotopic (exact) mass is 492 g/mol. The van der Waals surface area contributed by atoms with Crippen molar-refractivity contribution in [1.82, 2.24) is 10.6 Å². The predicted octanol–water partition coefficient (Wildman–Crippen LogP) is 2.96. The van der Waals surface area contributed by atoms with Crippen LogP contribution in [0.4, 0.5) is 0 Å². The molecule has 190 valence electrons. The van der Waals surface area contributed by atoms with Crippen molar-refractivity contribution in [3.05, 3.63) is 35.9 Å². The first kappa shape index (κ1) is 28.0. The second kappa shape index (κ2) is 12.5. The molecular weight excluding hydrogens is 452 g/mol. The van der Waals surface area contributed by atoms with E-state index in [0.717, 1.165) is 5.56 Å². The maximum absolute atomic E-state index is 12.9. The second-order valence-electron chi connectivity index (χ2n) is 10.1. The molecule has 1 heterocycles. The molecule has 1 aliphatic heterocycles. The van der Waals surface area contributed by atoms with E-state index in [1.807, 2.05) is 30.3 Å². The van der Waals surface area contributed by atoms with Gasteiger partial charge in [0, 0.05) is 13.2 Å². The Morgan fingerprint density at radius 1 is 1.12 bits per heavy atom. The SMILES string of the molecule is CCOC(=O)[C@H]1O[C@@H]1C(=O)N[C@@H](CCc1ccccc1)C(=O)NCCCO[Si](C)(C)C(C)(C)C. The Kier molecular flexibility index (Phi) is 10.3. The molecule has 0 aromatic heterocycles. The van der Waals surface area contributed by atoms with Crippen LogP contribution in [0.1, 0.15) is 46.1 Å². The highest BCUT2D eigenvalue weighted by atomic mass is 28.4. The molecular formula is C25H40N2O6Si. The highest BCUT2D eigenvalue weighted by Crippen LogP contribution is 2.36. The molecule has 2 rings (SSSR count). The van der Waals surface area contributed by atoms with Gasteiger partial charge in [0.25, 0.3) is 5.91 Å². The fourth-order valence-corrected chi connectivity index (χ4v) is 4.23. The molecule has 8 nitrogen and oxygen atoms in total. The lowest BCUT2D eigenvalue weighted by Gasteiger charge is -2.36. The van der Waals surface area contributed by atoms with Crippen LogP contribution in [0.5, 0.6) is 0 Å². The van der Waals surface area contributed by atoms with Crippen LogP contribution in [0.2, 0.25) is 18.1 Å². The Balaban J connectivity index is 1.87. The third kappa shape index (κ3) is 8.52. The lowest BCUT2D eigenvalue weighted by molar-refractivity contribution is -0.144. The van der Waals surface area contributed by atoms with Gasteiger partial charge in [0.2, 0.25) is 5.91 Å². The van der Waals surface area contributed by atoms with Crippen LogP contribution in [0.25, 0.3) is 0 Å². The van der Waals surface area contributed by atoms with Crippen LogP contribution in [0.3, 0.4) is 0 Å². The third-order valence-electron chi connectivity index (χ3n) is 6.36. The van der Waals surface area contributed by atoms with Gasteiger partial charge in [-0.3, -0.25) is 9.59 Å². The molecule has 0 radical (unpaired) electrons. The number of epoxide rings is 1. The standard InChI is InChI=1S/C25H40N2O6Si/c1-7-31-24(30)21-20(33-21)23(29)27-19(15-14-18-12-9-8-10-13-18)22(28)26-16-11-17-32-34(5,6)25(2,3)4/h8-10,12-13,19-21H,7,11,14-17H2,1-6H3,(H,26,28)(H,27,29)/t19-,20-,21-/m0/s1. The summed E-state index contributed by atoms with van der Waals surface area (Å²) in [5.74, 6) is -1.30. The van der Waals surface area contributed by atoms with Crippen LogP contribution < -0.4 is 10.6 Å². The van der Waals surface area contributed by atoms with Crippen LogP contribution >= 0.6 is 0 Å². The zero-order valence-corrected chi connectivity index (χ0v) is 22.3. The fraction of sp³-hybridized carbons (Fsp3) is 0.640. The van der Waals surface area contributed by atoms with Gasteiger partial charge >= 0.3 is 5.97 Å². The Bertz CT molecular complexity index is 824. The van der Waals surface area contributed by atoms with E-state index < -0.39 is 38.4 Å². The first-order valence-corrected chi connectivity index (χ1v) is 14.9. The number of hydrogen-bond donors (Lipinski definition) is 2. The van der Waals surface area contributed by atoms with Gasteiger partial charge in [-0.05, 0) is 49.9 Å². The van der Waals surface area contributed by atoms with Crippen LogP contribution in [-0.2, 0) is 34.7 Å². The van der Waals surface area contributed by atoms with Crippen LogP contribution in [0, 0.1) is 0 Å². The molecule has 3 atom stereocenters. The predicted molar refractivity (Wildman–Crippen MR) is 133 cm³/mol. The van der Waals surface area contributed by atoms with E-state index in [9.17, 15) is 14.4 Å². The molecule has 1 saturated heterocycles. The highest BCUT2D eigenvalue weighted by molar-refractivity contribution is 6.74. The van der Waals surface area contributed by atoms with Gasteiger partial charge in [-0.25, -0.2) is 4.79 Å². The summed E-state index contributed by atoms with van der Waals surface area (Å²) >= 11 is 0. The Labute approximate surface area is 204 Å². The van der Waals surface area contributed by atoms with Gasteiger partial charge in [-0.2, -0.15) is 0 Å². The van der Waals surface area contributed by atoms with E-state index in [2.05, 4.69) is 44.5 Å². The van der Waals surface area contributed by atoms with Crippen LogP contribution in [-0.4, -0.2) is 64.1 Å². The smallest absolute Gasteiger partial charge is 0.338 e. The zero-order valence-electron chi connectivity index (χ0n) is 21.3. The maximum atomic E-state index is 12.9. The van der Waals surface area contributed by atoms with Gasteiger partial charge < -0.3 is 24.5 Å². The minimum Gasteiger partial charge on any atom is -0.464 e. The number of carbonyl (C=O) groups is 3. The summed E-state index contributed by atoms with van der Waals surface area (Å²) < 4.78 is 16.2. The maximum Gasteiger partial charge on any atom is 0.338 e. The summed E-state index contributed by atoms with van der Waals surface area (Å²) in [6.07, 6.45) is -0.0671. The summed E-state index contributed by atoms with van der Waals surface area (Å²) in [6, 6.07) is 9.04. The molecule has 0 bridgehead atoms. The second-order valence-corrected chi connectivity index (χ2v) is 14.9. The largest absolute Gasteiger partial charge is 0.464 e. The van der Waals surface area contributed by atoms with E-state index in [4.69, 9.17) is 13.9 Å². The molecule has 1 aliphatic rings. The summed E-state index contributed by atoms with van der Waals surface area (Å²) in [5, 5.41) is 5.80. The van der Waals surface area contributed by atoms with Crippen molar-refractivity contribution in [1.29, 1.82) is 0 Å². The summed E-state index contributed by atoms with van der Waals surface area (Å²) in [5.41, 5.74) is 1.07. The van der Waals surface area contributed by atoms with Crippen molar-refractivity contribution in [2.75, 3.05) is 19.8 Å². The fourth-order valence-electron chi connectivity index (χ4n) is 3.14. The quantitative estimate of drug-likeness (QED) is 0.190. The lowest BCUT2D eigenvalue weighted by atomic mass is 10.0. The number of benzene rings is 1. The molecule has 1 aromatic carbocycles. The Morgan fingerprint density at radius 2 is 1.79 bits per heavy atom. The zero-order chi connectivity index (χ0) is 25.4. The van der Waals surface area contributed by atoms with E-state index in [0.29, 0.717) is 32.4 Å². The molecule has 0 saturated carbocycles. The molecule has 34 heavy (non-hydrogen) atoms. The summed E-state index contributed by atoms with van der Waals surface area (Å²) in [7, 11) is -1.82. The Morgan fingerprint density at radius 3 is 2.41 bits per heavy atom. The molecule has 0 unspecified atom stereocenters. The van der Waals surface area contributed by atoms with E-state index in [1.54, 1.807) is 6.92 Å². The number of rotatable bonds is 13. The van der Waals surface area contributed by atoms with Crippen molar-refractivity contribution in [3.63, 3.8) is 0 Å². The lowest BCUT2D eigenvalue weighted by Crippen LogP contribution is -2.49. The molecule has 1 aromatic rings. The molecule has 0 spiro atoms. The first-order chi connectivity index (χ1) is 16.0. The van der Waals surface area contributed by atoms with Crippen molar-refractivity contribution in [2.45, 2.75) is 83.3 Å². The van der Waals surface area contributed by atoms with E-state index in [-0.39, 0.29) is 17.6 Å². The topological polar surface area (TPSA) is 106 Å². The van der Waals surface area contributed by atoms with Gasteiger partial charge in [0.15, 0.2) is 20.5 Å². The van der Waals surface area contributed by atoms with E-state index >= 15 is 0 Å². The molecule has 9 heteroatoms. The van der Waals surface area contributed by atoms with Crippen LogP contribution in [0.15, 0.2) is 30.3 Å².